The summed E-state index contributed by atoms with van der Waals surface area (Å²) >= 11 is 0. The van der Waals surface area contributed by atoms with E-state index in [2.05, 4.69) is 10.3 Å². The fourth-order valence-corrected chi connectivity index (χ4v) is 5.02. The third-order valence-corrected chi connectivity index (χ3v) is 6.59. The molecular weight excluding hydrogens is 346 g/mol. The Morgan fingerprint density at radius 2 is 2.15 bits per heavy atom. The Morgan fingerprint density at radius 1 is 1.30 bits per heavy atom. The molecule has 0 bridgehead atoms. The Morgan fingerprint density at radius 3 is 2.93 bits per heavy atom. The van der Waals surface area contributed by atoms with E-state index in [-0.39, 0.29) is 35.8 Å². The van der Waals surface area contributed by atoms with Crippen LogP contribution < -0.4 is 5.32 Å². The molecule has 1 unspecified atom stereocenters. The van der Waals surface area contributed by atoms with Gasteiger partial charge >= 0.3 is 0 Å². The minimum atomic E-state index is -0.222. The quantitative estimate of drug-likeness (QED) is 0.838. The monoisotopic (exact) mass is 371 g/mol. The smallest absolute Gasteiger partial charge is 0.226 e. The highest BCUT2D eigenvalue weighted by Gasteiger charge is 2.60. The molecule has 1 saturated carbocycles. The van der Waals surface area contributed by atoms with E-state index in [1.165, 1.54) is 0 Å². The number of amides is 2. The van der Waals surface area contributed by atoms with Crippen molar-refractivity contribution in [3.05, 3.63) is 30.1 Å². The molecule has 1 N–H and O–H groups in total. The van der Waals surface area contributed by atoms with E-state index in [1.807, 2.05) is 17.0 Å². The molecular formula is C20H25N3O4. The predicted molar refractivity (Wildman–Crippen MR) is 95.3 cm³/mol. The highest BCUT2D eigenvalue weighted by atomic mass is 16.5. The van der Waals surface area contributed by atoms with Crippen molar-refractivity contribution in [3.63, 3.8) is 0 Å². The molecule has 6 atom stereocenters. The van der Waals surface area contributed by atoms with Crippen LogP contribution in [-0.4, -0.2) is 60.2 Å². The first-order chi connectivity index (χ1) is 13.2. The van der Waals surface area contributed by atoms with Crippen molar-refractivity contribution in [2.24, 2.45) is 23.7 Å². The van der Waals surface area contributed by atoms with Gasteiger partial charge in [0.2, 0.25) is 11.8 Å². The first-order valence-electron chi connectivity index (χ1n) is 9.89. The first kappa shape index (κ1) is 17.1. The average molecular weight is 371 g/mol. The Balaban J connectivity index is 1.25. The molecule has 1 aromatic rings. The van der Waals surface area contributed by atoms with E-state index in [0.717, 1.165) is 12.0 Å². The SMILES string of the molecule is O=C(NCc1cccnc1)[C@@H]1C[C@H]2OCC[C@H]2N(C(=O)C2[C@H]3COC[C@@H]23)C1. The lowest BCUT2D eigenvalue weighted by atomic mass is 9.88. The molecule has 3 saturated heterocycles. The lowest BCUT2D eigenvalue weighted by Gasteiger charge is -2.40. The van der Waals surface area contributed by atoms with Gasteiger partial charge in [0, 0.05) is 38.0 Å². The fourth-order valence-electron chi connectivity index (χ4n) is 5.02. The number of carbonyl (C=O) groups excluding carboxylic acids is 2. The summed E-state index contributed by atoms with van der Waals surface area (Å²) < 4.78 is 11.3. The predicted octanol–water partition coefficient (Wildman–Crippen LogP) is 0.596. The van der Waals surface area contributed by atoms with Crippen LogP contribution in [0.1, 0.15) is 18.4 Å². The minimum absolute atomic E-state index is 0.00933. The van der Waals surface area contributed by atoms with Gasteiger partial charge in [-0.05, 0) is 36.3 Å². The van der Waals surface area contributed by atoms with Crippen molar-refractivity contribution in [2.75, 3.05) is 26.4 Å². The van der Waals surface area contributed by atoms with E-state index in [0.29, 0.717) is 51.2 Å². The van der Waals surface area contributed by atoms with Crippen molar-refractivity contribution in [1.29, 1.82) is 0 Å². The van der Waals surface area contributed by atoms with Gasteiger partial charge in [0.1, 0.15) is 0 Å². The molecule has 1 aliphatic carbocycles. The van der Waals surface area contributed by atoms with Crippen LogP contribution in [0.3, 0.4) is 0 Å². The number of nitrogens with zero attached hydrogens (tertiary/aromatic N) is 2. The molecule has 4 heterocycles. The number of fused-ring (bicyclic) bond motifs is 2. The number of hydrogen-bond donors (Lipinski definition) is 1. The van der Waals surface area contributed by atoms with Crippen molar-refractivity contribution in [2.45, 2.75) is 31.5 Å². The van der Waals surface area contributed by atoms with Crippen LogP contribution in [0.15, 0.2) is 24.5 Å². The number of aromatic nitrogens is 1. The zero-order valence-corrected chi connectivity index (χ0v) is 15.3. The van der Waals surface area contributed by atoms with Crippen molar-refractivity contribution < 1.29 is 19.1 Å². The number of ether oxygens (including phenoxy) is 2. The van der Waals surface area contributed by atoms with Gasteiger partial charge in [-0.25, -0.2) is 0 Å². The van der Waals surface area contributed by atoms with Crippen LogP contribution in [0.5, 0.6) is 0 Å². The number of nitrogens with one attached hydrogen (secondary N) is 1. The number of piperidine rings is 1. The largest absolute Gasteiger partial charge is 0.381 e. The van der Waals surface area contributed by atoms with Crippen molar-refractivity contribution in [1.82, 2.24) is 15.2 Å². The third-order valence-electron chi connectivity index (χ3n) is 6.59. The number of likely N-dealkylation sites (tertiary alicyclic amines) is 1. The summed E-state index contributed by atoms with van der Waals surface area (Å²) in [6.07, 6.45) is 5.01. The first-order valence-corrected chi connectivity index (χ1v) is 9.89. The Kier molecular flexibility index (Phi) is 4.36. The summed E-state index contributed by atoms with van der Waals surface area (Å²) in [6.45, 7) is 3.03. The van der Waals surface area contributed by atoms with Gasteiger partial charge < -0.3 is 19.7 Å². The van der Waals surface area contributed by atoms with E-state index in [9.17, 15) is 9.59 Å². The number of carbonyl (C=O) groups is 2. The molecule has 3 aliphatic heterocycles. The molecule has 1 aromatic heterocycles. The molecule has 27 heavy (non-hydrogen) atoms. The molecule has 2 amide bonds. The molecule has 7 heteroatoms. The van der Waals surface area contributed by atoms with Gasteiger partial charge in [-0.1, -0.05) is 6.07 Å². The van der Waals surface area contributed by atoms with Gasteiger partial charge in [-0.15, -0.1) is 0 Å². The van der Waals surface area contributed by atoms with Gasteiger partial charge in [0.05, 0.1) is 31.3 Å². The van der Waals surface area contributed by atoms with Crippen LogP contribution in [0.25, 0.3) is 0 Å². The van der Waals surface area contributed by atoms with E-state index >= 15 is 0 Å². The summed E-state index contributed by atoms with van der Waals surface area (Å²) in [5.74, 6) is 0.844. The molecule has 5 rings (SSSR count). The zero-order chi connectivity index (χ0) is 18.4. The lowest BCUT2D eigenvalue weighted by molar-refractivity contribution is -0.144. The number of hydrogen-bond acceptors (Lipinski definition) is 5. The molecule has 4 fully saturated rings. The Labute approximate surface area is 158 Å². The third kappa shape index (κ3) is 3.12. The Hall–Kier alpha value is -1.99. The van der Waals surface area contributed by atoms with Crippen LogP contribution in [0, 0.1) is 23.7 Å². The highest BCUT2D eigenvalue weighted by Crippen LogP contribution is 2.52. The summed E-state index contributed by atoms with van der Waals surface area (Å²) in [4.78, 5) is 31.9. The van der Waals surface area contributed by atoms with Crippen molar-refractivity contribution in [3.8, 4) is 0 Å². The highest BCUT2D eigenvalue weighted by molar-refractivity contribution is 5.85. The Bertz CT molecular complexity index is 717. The summed E-state index contributed by atoms with van der Waals surface area (Å²) in [5, 5.41) is 3.00. The van der Waals surface area contributed by atoms with Gasteiger partial charge in [0.15, 0.2) is 0 Å². The second-order valence-corrected chi connectivity index (χ2v) is 8.16. The maximum atomic E-state index is 13.1. The van der Waals surface area contributed by atoms with Crippen LogP contribution in [0.4, 0.5) is 0 Å². The topological polar surface area (TPSA) is 80.8 Å². The lowest BCUT2D eigenvalue weighted by Crippen LogP contribution is -2.55. The molecule has 0 aromatic carbocycles. The standard InChI is InChI=1S/C20H25N3O4/c24-19(22-8-12-2-1-4-21-7-12)13-6-17-16(3-5-27-17)23(9-13)20(25)18-14-10-26-11-15(14)18/h1-2,4,7,13-18H,3,5-6,8-11H2,(H,22,24)/t13-,14-,15+,16-,17-,18?/m1/s1. The van der Waals surface area contributed by atoms with E-state index in [4.69, 9.17) is 9.47 Å². The fraction of sp³-hybridized carbons (Fsp3) is 0.650. The molecule has 4 aliphatic rings. The molecule has 0 spiro atoms. The maximum Gasteiger partial charge on any atom is 0.226 e. The number of rotatable bonds is 4. The zero-order valence-electron chi connectivity index (χ0n) is 15.3. The van der Waals surface area contributed by atoms with E-state index < -0.39 is 0 Å². The summed E-state index contributed by atoms with van der Waals surface area (Å²) in [6, 6.07) is 3.92. The maximum absolute atomic E-state index is 13.1. The van der Waals surface area contributed by atoms with Crippen LogP contribution in [0.2, 0.25) is 0 Å². The van der Waals surface area contributed by atoms with Crippen molar-refractivity contribution >= 4 is 11.8 Å². The molecule has 0 radical (unpaired) electrons. The summed E-state index contributed by atoms with van der Waals surface area (Å²) in [5.41, 5.74) is 0.968. The average Bonchev–Trinajstić information content (AvgIpc) is 3.07. The molecule has 144 valence electrons. The number of pyridine rings is 1. The summed E-state index contributed by atoms with van der Waals surface area (Å²) in [7, 11) is 0. The van der Waals surface area contributed by atoms with Gasteiger partial charge in [-0.2, -0.15) is 0 Å². The van der Waals surface area contributed by atoms with Gasteiger partial charge in [0.25, 0.3) is 0 Å². The van der Waals surface area contributed by atoms with E-state index in [1.54, 1.807) is 12.4 Å². The van der Waals surface area contributed by atoms with Crippen LogP contribution >= 0.6 is 0 Å². The van der Waals surface area contributed by atoms with Gasteiger partial charge in [-0.3, -0.25) is 14.6 Å². The second kappa shape index (κ2) is 6.87. The van der Waals surface area contributed by atoms with Crippen LogP contribution in [-0.2, 0) is 25.6 Å². The second-order valence-electron chi connectivity index (χ2n) is 8.16. The normalized spacial score (nSPS) is 36.8. The molecule has 7 nitrogen and oxygen atoms in total. The minimum Gasteiger partial charge on any atom is -0.381 e.